The molecular weight excluding hydrogens is 361 g/mol. The number of hydrogen-bond acceptors (Lipinski definition) is 5. The maximum atomic E-state index is 13.1. The first kappa shape index (κ1) is 18.3. The molecule has 1 fully saturated rings. The number of oxime groups is 1. The number of benzene rings is 2. The second-order valence-electron chi connectivity index (χ2n) is 6.85. The van der Waals surface area contributed by atoms with Crippen molar-refractivity contribution in [2.75, 3.05) is 38.2 Å². The molecule has 4 rings (SSSR count). The van der Waals surface area contributed by atoms with Crippen molar-refractivity contribution in [2.45, 2.75) is 12.5 Å². The summed E-state index contributed by atoms with van der Waals surface area (Å²) in [6.45, 7) is 2.62. The summed E-state index contributed by atoms with van der Waals surface area (Å²) < 4.78 is 18.2. The molecule has 28 heavy (non-hydrogen) atoms. The highest BCUT2D eigenvalue weighted by atomic mass is 19.1. The van der Waals surface area contributed by atoms with E-state index in [1.807, 2.05) is 29.2 Å². The minimum atomic E-state index is -0.575. The number of carbonyl (C=O) groups excluding carboxylic acids is 1. The van der Waals surface area contributed by atoms with Gasteiger partial charge in [0.05, 0.1) is 12.8 Å². The summed E-state index contributed by atoms with van der Waals surface area (Å²) in [7, 11) is 1.62. The van der Waals surface area contributed by atoms with Crippen LogP contribution in [0.5, 0.6) is 5.75 Å². The molecule has 2 aromatic rings. The number of halogens is 1. The van der Waals surface area contributed by atoms with Crippen molar-refractivity contribution in [3.63, 3.8) is 0 Å². The van der Waals surface area contributed by atoms with Crippen LogP contribution in [0, 0.1) is 5.82 Å². The highest BCUT2D eigenvalue weighted by Gasteiger charge is 2.33. The van der Waals surface area contributed by atoms with Gasteiger partial charge < -0.3 is 19.4 Å². The minimum Gasteiger partial charge on any atom is -0.497 e. The fourth-order valence-corrected chi connectivity index (χ4v) is 3.50. The molecule has 7 heteroatoms. The number of hydrogen-bond donors (Lipinski definition) is 0. The first-order valence-corrected chi connectivity index (χ1v) is 9.30. The fourth-order valence-electron chi connectivity index (χ4n) is 3.50. The maximum absolute atomic E-state index is 13.1. The van der Waals surface area contributed by atoms with Gasteiger partial charge in [0.2, 0.25) is 6.10 Å². The largest absolute Gasteiger partial charge is 0.497 e. The van der Waals surface area contributed by atoms with Crippen molar-refractivity contribution in [1.29, 1.82) is 0 Å². The van der Waals surface area contributed by atoms with E-state index in [9.17, 15) is 9.18 Å². The van der Waals surface area contributed by atoms with Crippen molar-refractivity contribution >= 4 is 17.3 Å². The number of ether oxygens (including phenoxy) is 1. The predicted octanol–water partition coefficient (Wildman–Crippen LogP) is 2.68. The summed E-state index contributed by atoms with van der Waals surface area (Å²) in [5.41, 5.74) is 2.67. The van der Waals surface area contributed by atoms with Crippen molar-refractivity contribution in [1.82, 2.24) is 4.90 Å². The Hall–Kier alpha value is -3.09. The summed E-state index contributed by atoms with van der Waals surface area (Å²) >= 11 is 0. The van der Waals surface area contributed by atoms with Crippen molar-refractivity contribution in [3.05, 3.63) is 59.9 Å². The minimum absolute atomic E-state index is 0.0361. The zero-order valence-corrected chi connectivity index (χ0v) is 15.7. The maximum Gasteiger partial charge on any atom is 0.267 e. The Balaban J connectivity index is 1.31. The zero-order valence-electron chi connectivity index (χ0n) is 15.7. The first-order valence-electron chi connectivity index (χ1n) is 9.30. The summed E-state index contributed by atoms with van der Waals surface area (Å²) in [6.07, 6.45) is -0.113. The summed E-state index contributed by atoms with van der Waals surface area (Å²) in [5.74, 6) is 0.490. The average molecular weight is 383 g/mol. The lowest BCUT2D eigenvalue weighted by Crippen LogP contribution is -2.51. The number of methoxy groups -OCH3 is 1. The van der Waals surface area contributed by atoms with Crippen LogP contribution >= 0.6 is 0 Å². The number of nitrogens with zero attached hydrogens (tertiary/aromatic N) is 3. The molecule has 2 aliphatic heterocycles. The molecule has 2 heterocycles. The lowest BCUT2D eigenvalue weighted by Gasteiger charge is -2.36. The molecule has 146 valence electrons. The number of anilines is 1. The van der Waals surface area contributed by atoms with E-state index in [1.54, 1.807) is 19.2 Å². The van der Waals surface area contributed by atoms with Crippen molar-refractivity contribution in [2.24, 2.45) is 5.16 Å². The van der Waals surface area contributed by atoms with Crippen molar-refractivity contribution < 1.29 is 18.8 Å². The molecule has 0 saturated carbocycles. The summed E-state index contributed by atoms with van der Waals surface area (Å²) in [6, 6.07) is 14.0. The van der Waals surface area contributed by atoms with Gasteiger partial charge in [-0.3, -0.25) is 4.79 Å². The van der Waals surface area contributed by atoms with E-state index in [0.717, 1.165) is 22.7 Å². The van der Waals surface area contributed by atoms with Crippen LogP contribution in [0.2, 0.25) is 0 Å². The van der Waals surface area contributed by atoms with E-state index in [2.05, 4.69) is 10.1 Å². The summed E-state index contributed by atoms with van der Waals surface area (Å²) in [4.78, 5) is 22.2. The van der Waals surface area contributed by atoms with E-state index < -0.39 is 6.10 Å². The quantitative estimate of drug-likeness (QED) is 0.815. The normalized spacial score (nSPS) is 19.2. The molecule has 1 saturated heterocycles. The van der Waals surface area contributed by atoms with Gasteiger partial charge in [-0.1, -0.05) is 5.16 Å². The van der Waals surface area contributed by atoms with Gasteiger partial charge in [0.25, 0.3) is 5.91 Å². The molecule has 6 nitrogen and oxygen atoms in total. The van der Waals surface area contributed by atoms with Crippen LogP contribution in [0.1, 0.15) is 12.0 Å². The second-order valence-corrected chi connectivity index (χ2v) is 6.85. The van der Waals surface area contributed by atoms with Gasteiger partial charge in [0, 0.05) is 38.3 Å². The van der Waals surface area contributed by atoms with Crippen LogP contribution < -0.4 is 9.64 Å². The van der Waals surface area contributed by atoms with E-state index in [4.69, 9.17) is 9.57 Å². The van der Waals surface area contributed by atoms with E-state index in [0.29, 0.717) is 32.6 Å². The standard InChI is InChI=1S/C21H22FN3O3/c1-27-18-8-2-15(3-9-18)19-14-20(28-23-19)21(26)25-12-10-24(11-13-25)17-6-4-16(22)5-7-17/h2-9,20H,10-14H2,1H3/t20-/m1/s1. The van der Waals surface area contributed by atoms with Gasteiger partial charge in [-0.15, -0.1) is 0 Å². The third-order valence-electron chi connectivity index (χ3n) is 5.15. The van der Waals surface area contributed by atoms with Crippen LogP contribution in [0.15, 0.2) is 53.7 Å². The lowest BCUT2D eigenvalue weighted by atomic mass is 10.0. The van der Waals surface area contributed by atoms with E-state index >= 15 is 0 Å². The van der Waals surface area contributed by atoms with Gasteiger partial charge >= 0.3 is 0 Å². The number of piperazine rings is 1. The first-order chi connectivity index (χ1) is 13.6. The van der Waals surface area contributed by atoms with Gasteiger partial charge in [0.1, 0.15) is 11.6 Å². The molecule has 0 aliphatic carbocycles. The van der Waals surface area contributed by atoms with Crippen LogP contribution in [0.3, 0.4) is 0 Å². The molecule has 1 amide bonds. The Morgan fingerprint density at radius 3 is 2.39 bits per heavy atom. The molecule has 1 atom stereocenters. The number of carbonyl (C=O) groups is 1. The van der Waals surface area contributed by atoms with Crippen LogP contribution in [-0.2, 0) is 9.63 Å². The SMILES string of the molecule is COc1ccc(C2=NO[C@@H](C(=O)N3CCN(c4ccc(F)cc4)CC3)C2)cc1. The van der Waals surface area contributed by atoms with E-state index in [1.165, 1.54) is 12.1 Å². The Morgan fingerprint density at radius 2 is 1.75 bits per heavy atom. The molecular formula is C21H22FN3O3. The second kappa shape index (κ2) is 7.88. The fraction of sp³-hybridized carbons (Fsp3) is 0.333. The van der Waals surface area contributed by atoms with Gasteiger partial charge in [-0.2, -0.15) is 0 Å². The molecule has 0 radical (unpaired) electrons. The Bertz CT molecular complexity index is 859. The highest BCUT2D eigenvalue weighted by Crippen LogP contribution is 2.22. The van der Waals surface area contributed by atoms with Crippen LogP contribution in [-0.4, -0.2) is 55.9 Å². The molecule has 0 spiro atoms. The molecule has 0 unspecified atom stereocenters. The third-order valence-corrected chi connectivity index (χ3v) is 5.15. The van der Waals surface area contributed by atoms with Crippen molar-refractivity contribution in [3.8, 4) is 5.75 Å². The number of amides is 1. The van der Waals surface area contributed by atoms with Gasteiger partial charge in [0.15, 0.2) is 0 Å². The average Bonchev–Trinajstić information content (AvgIpc) is 3.24. The smallest absolute Gasteiger partial charge is 0.267 e. The highest BCUT2D eigenvalue weighted by molar-refractivity contribution is 6.04. The van der Waals surface area contributed by atoms with Crippen LogP contribution in [0.25, 0.3) is 0 Å². The lowest BCUT2D eigenvalue weighted by molar-refractivity contribution is -0.142. The third kappa shape index (κ3) is 3.78. The van der Waals surface area contributed by atoms with E-state index in [-0.39, 0.29) is 11.7 Å². The molecule has 2 aromatic carbocycles. The summed E-state index contributed by atoms with van der Waals surface area (Å²) in [5, 5.41) is 4.11. The molecule has 0 aromatic heterocycles. The monoisotopic (exact) mass is 383 g/mol. The zero-order chi connectivity index (χ0) is 19.5. The molecule has 2 aliphatic rings. The molecule has 0 bridgehead atoms. The Kier molecular flexibility index (Phi) is 5.14. The van der Waals surface area contributed by atoms with Gasteiger partial charge in [-0.05, 0) is 54.1 Å². The number of rotatable bonds is 4. The molecule has 0 N–H and O–H groups in total. The predicted molar refractivity (Wildman–Crippen MR) is 104 cm³/mol. The Labute approximate surface area is 163 Å². The Morgan fingerprint density at radius 1 is 1.07 bits per heavy atom. The topological polar surface area (TPSA) is 54.4 Å². The van der Waals surface area contributed by atoms with Gasteiger partial charge in [-0.25, -0.2) is 4.39 Å². The van der Waals surface area contributed by atoms with Crippen LogP contribution in [0.4, 0.5) is 10.1 Å².